The number of nitrogens with zero attached hydrogens (tertiary/aromatic N) is 2. The molecule has 2 saturated carbocycles. The first-order chi connectivity index (χ1) is 8.79. The van der Waals surface area contributed by atoms with Crippen molar-refractivity contribution in [2.75, 3.05) is 0 Å². The van der Waals surface area contributed by atoms with Gasteiger partial charge in [-0.05, 0) is 44.6 Å². The molecule has 106 valence electrons. The van der Waals surface area contributed by atoms with E-state index in [1.807, 2.05) is 13.8 Å². The predicted molar refractivity (Wildman–Crippen MR) is 62.6 cm³/mol. The first kappa shape index (κ1) is 13.0. The van der Waals surface area contributed by atoms with E-state index in [4.69, 9.17) is 0 Å². The van der Waals surface area contributed by atoms with Crippen molar-refractivity contribution in [3.8, 4) is 0 Å². The molecule has 4 atom stereocenters. The molecular formula is C13H17F3N2O. The molecule has 3 nitrogen and oxygen atoms in total. The summed E-state index contributed by atoms with van der Waals surface area (Å²) in [6.45, 7) is 3.67. The van der Waals surface area contributed by atoms with Crippen LogP contribution >= 0.6 is 0 Å². The molecule has 1 N–H and O–H groups in total. The van der Waals surface area contributed by atoms with Gasteiger partial charge >= 0.3 is 6.18 Å². The van der Waals surface area contributed by atoms with E-state index in [9.17, 15) is 18.3 Å². The molecule has 19 heavy (non-hydrogen) atoms. The Morgan fingerprint density at radius 3 is 2.37 bits per heavy atom. The second-order valence-electron chi connectivity index (χ2n) is 5.97. The monoisotopic (exact) mass is 274 g/mol. The molecule has 0 amide bonds. The number of alkyl halides is 3. The molecule has 2 fully saturated rings. The average Bonchev–Trinajstić information content (AvgIpc) is 2.69. The molecule has 0 radical (unpaired) electrons. The van der Waals surface area contributed by atoms with E-state index in [1.54, 1.807) is 0 Å². The van der Waals surface area contributed by atoms with Gasteiger partial charge in [0.05, 0.1) is 6.10 Å². The van der Waals surface area contributed by atoms with Crippen LogP contribution in [-0.4, -0.2) is 21.0 Å². The Bertz CT molecular complexity index is 483. The van der Waals surface area contributed by atoms with Crippen LogP contribution in [0.25, 0.3) is 0 Å². The Kier molecular flexibility index (Phi) is 2.71. The number of aliphatic hydroxyl groups is 1. The summed E-state index contributed by atoms with van der Waals surface area (Å²) in [6.07, 6.45) is -3.25. The number of halogens is 3. The van der Waals surface area contributed by atoms with Crippen LogP contribution in [0.15, 0.2) is 6.07 Å². The maximum absolute atomic E-state index is 12.8. The van der Waals surface area contributed by atoms with Crippen LogP contribution in [0.3, 0.4) is 0 Å². The van der Waals surface area contributed by atoms with Crippen molar-refractivity contribution in [3.63, 3.8) is 0 Å². The molecule has 1 aromatic heterocycles. The fourth-order valence-electron chi connectivity index (χ4n) is 3.46. The fourth-order valence-corrected chi connectivity index (χ4v) is 3.46. The highest BCUT2D eigenvalue weighted by molar-refractivity contribution is 5.28. The number of rotatable bonds is 2. The average molecular weight is 274 g/mol. The topological polar surface area (TPSA) is 38.0 Å². The highest BCUT2D eigenvalue weighted by Gasteiger charge is 2.58. The lowest BCUT2D eigenvalue weighted by atomic mass is 10.1. The van der Waals surface area contributed by atoms with Crippen molar-refractivity contribution in [2.45, 2.75) is 50.9 Å². The highest BCUT2D eigenvalue weighted by Crippen LogP contribution is 2.63. The van der Waals surface area contributed by atoms with Crippen LogP contribution < -0.4 is 0 Å². The Hall–Kier alpha value is -1.04. The minimum Gasteiger partial charge on any atom is -0.393 e. The van der Waals surface area contributed by atoms with Gasteiger partial charge in [0, 0.05) is 17.7 Å². The minimum atomic E-state index is -4.39. The third-order valence-corrected chi connectivity index (χ3v) is 4.31. The summed E-state index contributed by atoms with van der Waals surface area (Å²) in [7, 11) is 0. The van der Waals surface area contributed by atoms with Gasteiger partial charge in [-0.2, -0.15) is 18.3 Å². The molecule has 0 spiro atoms. The van der Waals surface area contributed by atoms with Crippen molar-refractivity contribution < 1.29 is 18.3 Å². The van der Waals surface area contributed by atoms with Gasteiger partial charge in [-0.25, -0.2) is 0 Å². The van der Waals surface area contributed by atoms with E-state index in [0.717, 1.165) is 0 Å². The Labute approximate surface area is 109 Å². The molecule has 0 aromatic carbocycles. The van der Waals surface area contributed by atoms with Crippen LogP contribution in [0.1, 0.15) is 50.0 Å². The maximum Gasteiger partial charge on any atom is 0.435 e. The lowest BCUT2D eigenvalue weighted by Gasteiger charge is -2.13. The zero-order valence-electron chi connectivity index (χ0n) is 10.9. The van der Waals surface area contributed by atoms with Crippen molar-refractivity contribution in [3.05, 3.63) is 17.5 Å². The molecule has 2 unspecified atom stereocenters. The summed E-state index contributed by atoms with van der Waals surface area (Å²) < 4.78 is 39.8. The van der Waals surface area contributed by atoms with Gasteiger partial charge in [-0.15, -0.1) is 0 Å². The largest absolute Gasteiger partial charge is 0.435 e. The maximum atomic E-state index is 12.8. The van der Waals surface area contributed by atoms with Crippen LogP contribution in [0.5, 0.6) is 0 Å². The first-order valence-corrected chi connectivity index (χ1v) is 6.63. The van der Waals surface area contributed by atoms with Gasteiger partial charge in [-0.3, -0.25) is 4.68 Å². The molecule has 0 saturated heterocycles. The molecule has 1 aromatic rings. The molecule has 0 bridgehead atoms. The lowest BCUT2D eigenvalue weighted by molar-refractivity contribution is -0.141. The first-order valence-electron chi connectivity index (χ1n) is 6.63. The van der Waals surface area contributed by atoms with Crippen LogP contribution in [0, 0.1) is 11.8 Å². The van der Waals surface area contributed by atoms with Crippen LogP contribution in [-0.2, 0) is 6.18 Å². The third kappa shape index (κ3) is 2.06. The molecule has 6 heteroatoms. The number of aliphatic hydroxyl groups excluding tert-OH is 1. The highest BCUT2D eigenvalue weighted by atomic mass is 19.4. The Morgan fingerprint density at radius 2 is 1.89 bits per heavy atom. The van der Waals surface area contributed by atoms with Crippen molar-refractivity contribution in [2.24, 2.45) is 11.8 Å². The normalized spacial score (nSPS) is 33.8. The lowest BCUT2D eigenvalue weighted by Crippen LogP contribution is -2.12. The van der Waals surface area contributed by atoms with E-state index in [-0.39, 0.29) is 18.1 Å². The van der Waals surface area contributed by atoms with Crippen LogP contribution in [0.2, 0.25) is 0 Å². The van der Waals surface area contributed by atoms with Crippen molar-refractivity contribution in [1.29, 1.82) is 0 Å². The summed E-state index contributed by atoms with van der Waals surface area (Å²) in [4.78, 5) is 0. The van der Waals surface area contributed by atoms with Crippen LogP contribution in [0.4, 0.5) is 13.2 Å². The van der Waals surface area contributed by atoms with E-state index < -0.39 is 11.9 Å². The Morgan fingerprint density at radius 1 is 1.32 bits per heavy atom. The van der Waals surface area contributed by atoms with Gasteiger partial charge in [0.2, 0.25) is 0 Å². The summed E-state index contributed by atoms with van der Waals surface area (Å²) in [5.74, 6) is 0.824. The molecule has 1 heterocycles. The van der Waals surface area contributed by atoms with E-state index in [2.05, 4.69) is 5.10 Å². The third-order valence-electron chi connectivity index (χ3n) is 4.31. The predicted octanol–water partition coefficient (Wildman–Crippen LogP) is 2.97. The van der Waals surface area contributed by atoms with E-state index in [0.29, 0.717) is 30.4 Å². The molecule has 2 aliphatic rings. The molecule has 2 aliphatic carbocycles. The number of hydrogen-bond donors (Lipinski definition) is 1. The van der Waals surface area contributed by atoms with Gasteiger partial charge in [0.1, 0.15) is 0 Å². The minimum absolute atomic E-state index is 0.0858. The fraction of sp³-hybridized carbons (Fsp3) is 0.769. The van der Waals surface area contributed by atoms with Gasteiger partial charge < -0.3 is 5.11 Å². The quantitative estimate of drug-likeness (QED) is 0.900. The zero-order valence-corrected chi connectivity index (χ0v) is 10.9. The molecule has 0 aliphatic heterocycles. The van der Waals surface area contributed by atoms with Crippen molar-refractivity contribution >= 4 is 0 Å². The van der Waals surface area contributed by atoms with E-state index in [1.165, 1.54) is 10.7 Å². The summed E-state index contributed by atoms with van der Waals surface area (Å²) >= 11 is 0. The molecular weight excluding hydrogens is 257 g/mol. The van der Waals surface area contributed by atoms with E-state index >= 15 is 0 Å². The van der Waals surface area contributed by atoms with Gasteiger partial charge in [0.25, 0.3) is 0 Å². The van der Waals surface area contributed by atoms with Gasteiger partial charge in [0.15, 0.2) is 5.69 Å². The second-order valence-corrected chi connectivity index (χ2v) is 5.97. The standard InChI is InChI=1S/C13H17F3N2O/c1-6(2)18-10(5-11(17-18)13(14,15)16)12-8-3-7(19)4-9(8)12/h5-9,12,19H,3-4H2,1-2H3/t7?,8-,9+,12?. The molecule has 3 rings (SSSR count). The summed E-state index contributed by atoms with van der Waals surface area (Å²) in [5, 5.41) is 13.2. The van der Waals surface area contributed by atoms with Crippen molar-refractivity contribution in [1.82, 2.24) is 9.78 Å². The smallest absolute Gasteiger partial charge is 0.393 e. The number of fused-ring (bicyclic) bond motifs is 1. The summed E-state index contributed by atoms with van der Waals surface area (Å²) in [6, 6.07) is 1.10. The number of hydrogen-bond acceptors (Lipinski definition) is 2. The zero-order chi connectivity index (χ0) is 13.9. The SMILES string of the molecule is CC(C)n1nc(C(F)(F)F)cc1C1[C@H]2CC(O)C[C@@H]12. The second kappa shape index (κ2) is 3.98. The number of aromatic nitrogens is 2. The van der Waals surface area contributed by atoms with Gasteiger partial charge in [-0.1, -0.05) is 0 Å². The summed E-state index contributed by atoms with van der Waals surface area (Å²) in [5.41, 5.74) is -0.119. The Balaban J connectivity index is 1.91.